The van der Waals surface area contributed by atoms with Crippen LogP contribution in [0.5, 0.6) is 5.75 Å². The number of aromatic nitrogens is 1. The Morgan fingerprint density at radius 2 is 1.76 bits per heavy atom. The topological polar surface area (TPSA) is 83.0 Å². The molecule has 1 N–H and O–H groups in total. The molecule has 7 nitrogen and oxygen atoms in total. The summed E-state index contributed by atoms with van der Waals surface area (Å²) in [4.78, 5) is 35.6. The predicted octanol–water partition coefficient (Wildman–Crippen LogP) is 5.26. The average Bonchev–Trinajstić information content (AvgIpc) is 3.38. The zero-order valence-corrected chi connectivity index (χ0v) is 22.5. The molecule has 1 atom stereocenters. The van der Waals surface area contributed by atoms with Gasteiger partial charge in [-0.2, -0.15) is 0 Å². The summed E-state index contributed by atoms with van der Waals surface area (Å²) in [6.07, 6.45) is 0. The standard InChI is InChI=1S/C29H33N3O4S/c1-5-31(6-2)16-17-32-25(22-12-14-23(15-13-22)36-18-21-10-8-7-9-11-21)24(27(34)29(32)35)26(33)28-19(3)30-20(4)37-28/h7-15,25,34H,5-6,16-18H2,1-4H3. The number of ketones is 1. The van der Waals surface area contributed by atoms with Crippen LogP contribution in [0.4, 0.5) is 0 Å². The van der Waals surface area contributed by atoms with E-state index in [0.29, 0.717) is 36.0 Å². The van der Waals surface area contributed by atoms with Gasteiger partial charge in [0.25, 0.3) is 5.91 Å². The van der Waals surface area contributed by atoms with Crippen LogP contribution in [-0.4, -0.2) is 57.8 Å². The molecule has 3 aromatic rings. The Bertz CT molecular complexity index is 1280. The van der Waals surface area contributed by atoms with Gasteiger partial charge in [-0.3, -0.25) is 9.59 Å². The number of Topliss-reactive ketones (excluding diaryl/α,β-unsaturated/α-hetero) is 1. The number of rotatable bonds is 11. The maximum atomic E-state index is 13.7. The minimum Gasteiger partial charge on any atom is -0.503 e. The zero-order chi connectivity index (χ0) is 26.5. The molecule has 1 aliphatic heterocycles. The molecule has 1 unspecified atom stereocenters. The smallest absolute Gasteiger partial charge is 0.290 e. The van der Waals surface area contributed by atoms with E-state index in [9.17, 15) is 14.7 Å². The molecule has 1 aromatic heterocycles. The van der Waals surface area contributed by atoms with Crippen molar-refractivity contribution in [3.05, 3.63) is 92.6 Å². The van der Waals surface area contributed by atoms with E-state index < -0.39 is 17.7 Å². The van der Waals surface area contributed by atoms with E-state index in [1.54, 1.807) is 11.8 Å². The van der Waals surface area contributed by atoms with Gasteiger partial charge in [0, 0.05) is 13.1 Å². The van der Waals surface area contributed by atoms with Gasteiger partial charge >= 0.3 is 0 Å². The lowest BCUT2D eigenvalue weighted by Crippen LogP contribution is -2.38. The Morgan fingerprint density at radius 3 is 2.35 bits per heavy atom. The Morgan fingerprint density at radius 1 is 1.08 bits per heavy atom. The van der Waals surface area contributed by atoms with Crippen LogP contribution in [0.2, 0.25) is 0 Å². The van der Waals surface area contributed by atoms with Gasteiger partial charge in [-0.25, -0.2) is 4.98 Å². The van der Waals surface area contributed by atoms with E-state index in [0.717, 1.165) is 29.2 Å². The summed E-state index contributed by atoms with van der Waals surface area (Å²) in [7, 11) is 0. The molecule has 0 saturated carbocycles. The molecule has 37 heavy (non-hydrogen) atoms. The van der Waals surface area contributed by atoms with E-state index in [-0.39, 0.29) is 11.4 Å². The molecule has 194 valence electrons. The van der Waals surface area contributed by atoms with Gasteiger partial charge < -0.3 is 19.6 Å². The summed E-state index contributed by atoms with van der Waals surface area (Å²) in [5, 5.41) is 11.7. The van der Waals surface area contributed by atoms with Crippen molar-refractivity contribution in [2.24, 2.45) is 0 Å². The molecular weight excluding hydrogens is 486 g/mol. The first-order valence-corrected chi connectivity index (χ1v) is 13.4. The first-order valence-electron chi connectivity index (χ1n) is 12.6. The van der Waals surface area contributed by atoms with Gasteiger partial charge in [-0.1, -0.05) is 56.3 Å². The van der Waals surface area contributed by atoms with Crippen molar-refractivity contribution < 1.29 is 19.4 Å². The highest BCUT2D eigenvalue weighted by molar-refractivity contribution is 7.14. The summed E-state index contributed by atoms with van der Waals surface area (Å²) in [6, 6.07) is 16.6. The highest BCUT2D eigenvalue weighted by atomic mass is 32.1. The van der Waals surface area contributed by atoms with Crippen molar-refractivity contribution in [1.82, 2.24) is 14.8 Å². The number of hydrogen-bond acceptors (Lipinski definition) is 7. The van der Waals surface area contributed by atoms with E-state index in [4.69, 9.17) is 4.74 Å². The van der Waals surface area contributed by atoms with Gasteiger partial charge in [0.2, 0.25) is 5.78 Å². The lowest BCUT2D eigenvalue weighted by atomic mass is 9.95. The Kier molecular flexibility index (Phi) is 8.41. The molecule has 1 amide bonds. The quantitative estimate of drug-likeness (QED) is 0.348. The van der Waals surface area contributed by atoms with Crippen molar-refractivity contribution in [1.29, 1.82) is 0 Å². The minimum atomic E-state index is -0.694. The minimum absolute atomic E-state index is 0.106. The van der Waals surface area contributed by atoms with Crippen molar-refractivity contribution >= 4 is 23.0 Å². The number of aliphatic hydroxyl groups is 1. The molecule has 4 rings (SSSR count). The van der Waals surface area contributed by atoms with Gasteiger partial charge in [-0.15, -0.1) is 11.3 Å². The number of hydrogen-bond donors (Lipinski definition) is 1. The summed E-state index contributed by atoms with van der Waals surface area (Å²) in [5.74, 6) is -0.677. The Balaban J connectivity index is 1.64. The van der Waals surface area contributed by atoms with Crippen LogP contribution in [0, 0.1) is 13.8 Å². The molecule has 0 saturated heterocycles. The van der Waals surface area contributed by atoms with E-state index in [1.807, 2.05) is 61.5 Å². The van der Waals surface area contributed by atoms with Crippen molar-refractivity contribution in [3.63, 3.8) is 0 Å². The van der Waals surface area contributed by atoms with Gasteiger partial charge in [0.1, 0.15) is 12.4 Å². The van der Waals surface area contributed by atoms with Crippen LogP contribution >= 0.6 is 11.3 Å². The second-order valence-corrected chi connectivity index (χ2v) is 10.2. The first-order chi connectivity index (χ1) is 17.8. The van der Waals surface area contributed by atoms with E-state index in [1.165, 1.54) is 11.3 Å². The Labute approximate surface area is 222 Å². The van der Waals surface area contributed by atoms with Gasteiger partial charge in [0.15, 0.2) is 5.76 Å². The summed E-state index contributed by atoms with van der Waals surface area (Å²) < 4.78 is 5.93. The predicted molar refractivity (Wildman–Crippen MR) is 145 cm³/mol. The number of aryl methyl sites for hydroxylation is 2. The van der Waals surface area contributed by atoms with Crippen molar-refractivity contribution in [2.75, 3.05) is 26.2 Å². The highest BCUT2D eigenvalue weighted by Gasteiger charge is 2.44. The van der Waals surface area contributed by atoms with Crippen LogP contribution < -0.4 is 4.74 Å². The number of amides is 1. The second-order valence-electron chi connectivity index (χ2n) is 9.01. The van der Waals surface area contributed by atoms with Crippen LogP contribution in [-0.2, 0) is 11.4 Å². The molecule has 0 spiro atoms. The number of benzene rings is 2. The third kappa shape index (κ3) is 5.76. The lowest BCUT2D eigenvalue weighted by Gasteiger charge is -2.29. The number of aliphatic hydroxyl groups excluding tert-OH is 1. The lowest BCUT2D eigenvalue weighted by molar-refractivity contribution is -0.129. The molecule has 8 heteroatoms. The van der Waals surface area contributed by atoms with E-state index >= 15 is 0 Å². The first kappa shape index (κ1) is 26.6. The maximum absolute atomic E-state index is 13.7. The molecule has 0 fully saturated rings. The molecule has 2 aromatic carbocycles. The van der Waals surface area contributed by atoms with Crippen LogP contribution in [0.3, 0.4) is 0 Å². The van der Waals surface area contributed by atoms with Gasteiger partial charge in [0.05, 0.1) is 27.2 Å². The third-order valence-electron chi connectivity index (χ3n) is 6.65. The number of ether oxygens (including phenoxy) is 1. The van der Waals surface area contributed by atoms with Crippen LogP contribution in [0.25, 0.3) is 0 Å². The number of nitrogens with zero attached hydrogens (tertiary/aromatic N) is 3. The third-order valence-corrected chi connectivity index (χ3v) is 7.73. The maximum Gasteiger partial charge on any atom is 0.290 e. The van der Waals surface area contributed by atoms with Crippen LogP contribution in [0.1, 0.15) is 51.4 Å². The molecular formula is C29H33N3O4S. The number of carbonyl (C=O) groups excluding carboxylic acids is 2. The summed E-state index contributed by atoms with van der Waals surface area (Å²) in [5.41, 5.74) is 2.51. The zero-order valence-electron chi connectivity index (χ0n) is 21.7. The van der Waals surface area contributed by atoms with Gasteiger partial charge in [-0.05, 0) is 50.2 Å². The normalized spacial score (nSPS) is 15.6. The average molecular weight is 520 g/mol. The molecule has 0 bridgehead atoms. The Hall–Kier alpha value is -3.49. The SMILES string of the molecule is CCN(CC)CCN1C(=O)C(O)=C(C(=O)c2sc(C)nc2C)C1c1ccc(OCc2ccccc2)cc1. The second kappa shape index (κ2) is 11.7. The molecule has 1 aliphatic rings. The monoisotopic (exact) mass is 519 g/mol. The number of carbonyl (C=O) groups is 2. The van der Waals surface area contributed by atoms with Crippen LogP contribution in [0.15, 0.2) is 65.9 Å². The highest BCUT2D eigenvalue weighted by Crippen LogP contribution is 2.40. The fourth-order valence-corrected chi connectivity index (χ4v) is 5.48. The largest absolute Gasteiger partial charge is 0.503 e. The number of likely N-dealkylation sites (N-methyl/N-ethyl adjacent to an activating group) is 1. The fraction of sp³-hybridized carbons (Fsp3) is 0.345. The fourth-order valence-electron chi connectivity index (χ4n) is 4.60. The molecule has 0 radical (unpaired) electrons. The molecule has 2 heterocycles. The van der Waals surface area contributed by atoms with Crippen molar-refractivity contribution in [2.45, 2.75) is 40.3 Å². The summed E-state index contributed by atoms with van der Waals surface area (Å²) >= 11 is 1.28. The van der Waals surface area contributed by atoms with E-state index in [2.05, 4.69) is 23.7 Å². The number of thiazole rings is 1. The van der Waals surface area contributed by atoms with Crippen molar-refractivity contribution in [3.8, 4) is 5.75 Å². The molecule has 0 aliphatic carbocycles. The summed E-state index contributed by atoms with van der Waals surface area (Å²) in [6.45, 7) is 10.9.